The van der Waals surface area contributed by atoms with E-state index in [4.69, 9.17) is 9.84 Å². The molecule has 2 saturated heterocycles. The maximum absolute atomic E-state index is 12.9. The summed E-state index contributed by atoms with van der Waals surface area (Å²) < 4.78 is 5.69. The van der Waals surface area contributed by atoms with Crippen molar-refractivity contribution in [1.29, 1.82) is 0 Å². The molecule has 6 heteroatoms. The third-order valence-corrected chi connectivity index (χ3v) is 6.60. The Labute approximate surface area is 152 Å². The molecule has 1 aromatic heterocycles. The largest absolute Gasteiger partial charge is 0.384 e. The molecule has 0 unspecified atom stereocenters. The van der Waals surface area contributed by atoms with Crippen LogP contribution in [-0.4, -0.2) is 54.9 Å². The van der Waals surface area contributed by atoms with E-state index in [1.807, 2.05) is 5.38 Å². The van der Waals surface area contributed by atoms with Crippen molar-refractivity contribution in [2.75, 3.05) is 32.9 Å². The van der Waals surface area contributed by atoms with Gasteiger partial charge in [0.05, 0.1) is 18.6 Å². The van der Waals surface area contributed by atoms with Crippen LogP contribution in [0.4, 0.5) is 0 Å². The van der Waals surface area contributed by atoms with Crippen molar-refractivity contribution in [3.63, 3.8) is 0 Å². The SMILES string of the molecule is O=C(NC1CCC1)[C@]12COC[C@H]1CN(Cc1cc(C#CCO)cs1)C2. The minimum Gasteiger partial charge on any atom is -0.384 e. The van der Waals surface area contributed by atoms with E-state index < -0.39 is 0 Å². The lowest BCUT2D eigenvalue weighted by Crippen LogP contribution is -2.51. The van der Waals surface area contributed by atoms with Crippen LogP contribution in [0.25, 0.3) is 0 Å². The Morgan fingerprint density at radius 3 is 3.16 bits per heavy atom. The average Bonchev–Trinajstić information content (AvgIpc) is 3.23. The molecule has 3 fully saturated rings. The first-order chi connectivity index (χ1) is 12.2. The molecule has 1 amide bonds. The van der Waals surface area contributed by atoms with Gasteiger partial charge in [-0.15, -0.1) is 11.3 Å². The summed E-state index contributed by atoms with van der Waals surface area (Å²) in [6.07, 6.45) is 3.46. The minimum atomic E-state index is -0.369. The molecule has 5 nitrogen and oxygen atoms in total. The quantitative estimate of drug-likeness (QED) is 0.793. The van der Waals surface area contributed by atoms with Crippen molar-refractivity contribution in [3.05, 3.63) is 21.9 Å². The van der Waals surface area contributed by atoms with E-state index >= 15 is 0 Å². The minimum absolute atomic E-state index is 0.113. The zero-order chi connectivity index (χ0) is 17.3. The fourth-order valence-corrected chi connectivity index (χ4v) is 4.91. The highest BCUT2D eigenvalue weighted by atomic mass is 32.1. The number of nitrogens with one attached hydrogen (secondary N) is 1. The first-order valence-electron chi connectivity index (χ1n) is 8.98. The van der Waals surface area contributed by atoms with Crippen molar-refractivity contribution < 1.29 is 14.6 Å². The number of carbonyl (C=O) groups excluding carboxylic acids is 1. The summed E-state index contributed by atoms with van der Waals surface area (Å²) in [5.74, 6) is 6.12. The second-order valence-corrected chi connectivity index (χ2v) is 8.40. The second-order valence-electron chi connectivity index (χ2n) is 7.40. The first kappa shape index (κ1) is 17.0. The molecular formula is C19H24N2O3S. The van der Waals surface area contributed by atoms with Crippen molar-refractivity contribution in [2.45, 2.75) is 31.8 Å². The Hall–Kier alpha value is -1.39. The third kappa shape index (κ3) is 3.34. The normalized spacial score (nSPS) is 28.9. The van der Waals surface area contributed by atoms with Crippen LogP contribution < -0.4 is 5.32 Å². The number of fused-ring (bicyclic) bond motifs is 1. The molecule has 2 N–H and O–H groups in total. The van der Waals surface area contributed by atoms with Crippen LogP contribution in [0.1, 0.15) is 29.7 Å². The number of hydrogen-bond donors (Lipinski definition) is 2. The Morgan fingerprint density at radius 2 is 2.40 bits per heavy atom. The Kier molecular flexibility index (Phi) is 4.83. The van der Waals surface area contributed by atoms with E-state index in [0.29, 0.717) is 25.2 Å². The van der Waals surface area contributed by atoms with E-state index in [1.54, 1.807) is 11.3 Å². The van der Waals surface area contributed by atoms with Crippen LogP contribution >= 0.6 is 11.3 Å². The maximum atomic E-state index is 12.9. The number of likely N-dealkylation sites (tertiary alicyclic amines) is 1. The summed E-state index contributed by atoms with van der Waals surface area (Å²) in [7, 11) is 0. The van der Waals surface area contributed by atoms with Gasteiger partial charge in [0.25, 0.3) is 0 Å². The number of carbonyl (C=O) groups is 1. The van der Waals surface area contributed by atoms with Gasteiger partial charge < -0.3 is 15.2 Å². The molecule has 2 aliphatic heterocycles. The molecule has 0 bridgehead atoms. The predicted molar refractivity (Wildman–Crippen MR) is 96.1 cm³/mol. The van der Waals surface area contributed by atoms with Crippen molar-refractivity contribution in [1.82, 2.24) is 10.2 Å². The molecule has 25 heavy (non-hydrogen) atoms. The van der Waals surface area contributed by atoms with E-state index in [1.165, 1.54) is 11.3 Å². The van der Waals surface area contributed by atoms with Crippen LogP contribution in [0, 0.1) is 23.2 Å². The number of aliphatic hydroxyl groups excluding tert-OH is 1. The fourth-order valence-electron chi connectivity index (χ4n) is 4.05. The highest BCUT2D eigenvalue weighted by molar-refractivity contribution is 7.10. The molecule has 0 radical (unpaired) electrons. The van der Waals surface area contributed by atoms with Gasteiger partial charge in [-0.1, -0.05) is 11.8 Å². The second kappa shape index (κ2) is 7.08. The van der Waals surface area contributed by atoms with Gasteiger partial charge in [0, 0.05) is 47.4 Å². The highest BCUT2D eigenvalue weighted by Crippen LogP contribution is 2.42. The monoisotopic (exact) mass is 360 g/mol. The summed E-state index contributed by atoms with van der Waals surface area (Å²) in [6.45, 7) is 3.65. The van der Waals surface area contributed by atoms with Gasteiger partial charge in [-0.05, 0) is 25.3 Å². The Balaban J connectivity index is 1.41. The molecule has 1 aliphatic carbocycles. The topological polar surface area (TPSA) is 61.8 Å². The molecule has 1 saturated carbocycles. The number of ether oxygens (including phenoxy) is 1. The van der Waals surface area contributed by atoms with E-state index in [0.717, 1.165) is 38.0 Å². The van der Waals surface area contributed by atoms with Crippen molar-refractivity contribution in [2.24, 2.45) is 11.3 Å². The third-order valence-electron chi connectivity index (χ3n) is 5.68. The van der Waals surface area contributed by atoms with Crippen LogP contribution in [0.3, 0.4) is 0 Å². The number of thiophene rings is 1. The molecule has 134 valence electrons. The summed E-state index contributed by atoms with van der Waals surface area (Å²) in [4.78, 5) is 16.5. The lowest BCUT2D eigenvalue weighted by Gasteiger charge is -2.32. The van der Waals surface area contributed by atoms with Gasteiger partial charge >= 0.3 is 0 Å². The number of aliphatic hydroxyl groups is 1. The van der Waals surface area contributed by atoms with Gasteiger partial charge in [0.2, 0.25) is 5.91 Å². The smallest absolute Gasteiger partial charge is 0.230 e. The average molecular weight is 360 g/mol. The highest BCUT2D eigenvalue weighted by Gasteiger charge is 2.55. The Bertz CT molecular complexity index is 703. The lowest BCUT2D eigenvalue weighted by molar-refractivity contribution is -0.133. The summed E-state index contributed by atoms with van der Waals surface area (Å²) >= 11 is 1.69. The molecule has 4 rings (SSSR count). The zero-order valence-corrected chi connectivity index (χ0v) is 15.1. The molecule has 3 heterocycles. The van der Waals surface area contributed by atoms with Crippen LogP contribution in [0.5, 0.6) is 0 Å². The molecular weight excluding hydrogens is 336 g/mol. The van der Waals surface area contributed by atoms with Crippen LogP contribution in [0.15, 0.2) is 11.4 Å². The molecule has 0 spiro atoms. The van der Waals surface area contributed by atoms with Gasteiger partial charge in [-0.25, -0.2) is 0 Å². The Morgan fingerprint density at radius 1 is 1.52 bits per heavy atom. The standard InChI is InChI=1S/C19H24N2O3S/c22-6-2-3-14-7-17(25-11-14)9-21-8-15-10-24-13-19(15,12-21)18(23)20-16-4-1-5-16/h7,11,15-16,22H,1,4-6,8-10,12-13H2,(H,20,23)/t15-,19-/m1/s1. The zero-order valence-electron chi connectivity index (χ0n) is 14.3. The first-order valence-corrected chi connectivity index (χ1v) is 9.86. The summed E-state index contributed by atoms with van der Waals surface area (Å²) in [5.41, 5.74) is 0.584. The fraction of sp³-hybridized carbons (Fsp3) is 0.632. The van der Waals surface area contributed by atoms with Gasteiger partial charge in [-0.3, -0.25) is 9.69 Å². The summed E-state index contributed by atoms with van der Waals surface area (Å²) in [5, 5.41) is 14.1. The summed E-state index contributed by atoms with van der Waals surface area (Å²) in [6, 6.07) is 2.46. The van der Waals surface area contributed by atoms with Crippen LogP contribution in [0.2, 0.25) is 0 Å². The molecule has 3 aliphatic rings. The van der Waals surface area contributed by atoms with E-state index in [2.05, 4.69) is 28.1 Å². The van der Waals surface area contributed by atoms with Crippen molar-refractivity contribution in [3.8, 4) is 11.8 Å². The van der Waals surface area contributed by atoms with E-state index in [9.17, 15) is 4.79 Å². The predicted octanol–water partition coefficient (Wildman–Crippen LogP) is 1.21. The van der Waals surface area contributed by atoms with E-state index in [-0.39, 0.29) is 17.9 Å². The van der Waals surface area contributed by atoms with Gasteiger partial charge in [0.15, 0.2) is 0 Å². The van der Waals surface area contributed by atoms with Crippen molar-refractivity contribution >= 4 is 17.2 Å². The molecule has 0 aromatic carbocycles. The van der Waals surface area contributed by atoms with Crippen LogP contribution in [-0.2, 0) is 16.1 Å². The number of nitrogens with zero attached hydrogens (tertiary/aromatic N) is 1. The van der Waals surface area contributed by atoms with Gasteiger partial charge in [0.1, 0.15) is 6.61 Å². The molecule has 1 aromatic rings. The number of amides is 1. The van der Waals surface area contributed by atoms with Gasteiger partial charge in [-0.2, -0.15) is 0 Å². The maximum Gasteiger partial charge on any atom is 0.230 e. The molecule has 2 atom stereocenters. The lowest BCUT2D eigenvalue weighted by atomic mass is 9.79. The number of rotatable bonds is 4. The number of hydrogen-bond acceptors (Lipinski definition) is 5.